The van der Waals surface area contributed by atoms with Gasteiger partial charge in [0.25, 0.3) is 0 Å². The Labute approximate surface area is 190 Å². The van der Waals surface area contributed by atoms with Crippen LogP contribution in [-0.4, -0.2) is 18.9 Å². The Kier molecular flexibility index (Phi) is 6.11. The van der Waals surface area contributed by atoms with Gasteiger partial charge in [-0.15, -0.1) is 0 Å². The summed E-state index contributed by atoms with van der Waals surface area (Å²) in [5.41, 5.74) is 0.959. The summed E-state index contributed by atoms with van der Waals surface area (Å²) in [4.78, 5) is 25.2. The quantitative estimate of drug-likeness (QED) is 0.464. The molecule has 1 N–H and O–H groups in total. The van der Waals surface area contributed by atoms with Gasteiger partial charge in [-0.3, -0.25) is 9.59 Å². The summed E-state index contributed by atoms with van der Waals surface area (Å²) in [5, 5.41) is 2.61. The van der Waals surface area contributed by atoms with E-state index < -0.39 is 31.9 Å². The van der Waals surface area contributed by atoms with E-state index in [1.165, 1.54) is 22.8 Å². The van der Waals surface area contributed by atoms with Crippen LogP contribution < -0.4 is 10.7 Å². The van der Waals surface area contributed by atoms with Crippen LogP contribution in [0.3, 0.4) is 0 Å². The van der Waals surface area contributed by atoms with Gasteiger partial charge in [-0.1, -0.05) is 37.3 Å². The lowest BCUT2D eigenvalue weighted by Gasteiger charge is -2.14. The third-order valence-corrected chi connectivity index (χ3v) is 7.08. The predicted molar refractivity (Wildman–Crippen MR) is 125 cm³/mol. The topological polar surface area (TPSA) is 85.2 Å². The number of nitrogens with zero attached hydrogens (tertiary/aromatic N) is 1. The number of carbonyl (C=O) groups is 1. The molecule has 0 unspecified atom stereocenters. The minimum absolute atomic E-state index is 0.0483. The van der Waals surface area contributed by atoms with Gasteiger partial charge in [-0.2, -0.15) is 0 Å². The summed E-state index contributed by atoms with van der Waals surface area (Å²) >= 11 is 0. The first-order valence-electron chi connectivity index (χ1n) is 10.3. The largest absolute Gasteiger partial charge is 0.336 e. The fourth-order valence-corrected chi connectivity index (χ4v) is 4.94. The second-order valence-electron chi connectivity index (χ2n) is 7.53. The summed E-state index contributed by atoms with van der Waals surface area (Å²) in [7, 11) is -4.20. The van der Waals surface area contributed by atoms with Gasteiger partial charge in [0.2, 0.25) is 21.2 Å². The van der Waals surface area contributed by atoms with Crippen LogP contribution in [0.2, 0.25) is 0 Å². The van der Waals surface area contributed by atoms with E-state index in [0.29, 0.717) is 5.69 Å². The number of halogens is 1. The fourth-order valence-electron chi connectivity index (χ4n) is 3.57. The SMILES string of the molecule is CCc1ccc(S(=O)(=O)c2cn(CC(=O)Nc3ccccc3)c3ccc(F)cc3c2=O)cc1. The normalized spacial score (nSPS) is 11.5. The van der Waals surface area contributed by atoms with Gasteiger partial charge in [0, 0.05) is 17.3 Å². The summed E-state index contributed by atoms with van der Waals surface area (Å²) in [5.74, 6) is -1.10. The Bertz CT molecular complexity index is 1500. The van der Waals surface area contributed by atoms with Crippen LogP contribution >= 0.6 is 0 Å². The van der Waals surface area contributed by atoms with E-state index in [4.69, 9.17) is 0 Å². The van der Waals surface area contributed by atoms with E-state index in [-0.39, 0.29) is 22.3 Å². The molecular formula is C25H21FN2O4S. The summed E-state index contributed by atoms with van der Waals surface area (Å²) in [6.07, 6.45) is 1.88. The lowest BCUT2D eigenvalue weighted by atomic mass is 10.2. The number of pyridine rings is 1. The number of nitrogens with one attached hydrogen (secondary N) is 1. The lowest BCUT2D eigenvalue weighted by molar-refractivity contribution is -0.116. The van der Waals surface area contributed by atoms with Crippen molar-refractivity contribution in [2.75, 3.05) is 5.32 Å². The van der Waals surface area contributed by atoms with Gasteiger partial charge >= 0.3 is 0 Å². The molecule has 8 heteroatoms. The molecule has 4 rings (SSSR count). The van der Waals surface area contributed by atoms with Crippen molar-refractivity contribution in [2.24, 2.45) is 0 Å². The Morgan fingerprint density at radius 3 is 2.36 bits per heavy atom. The number of rotatable bonds is 6. The molecule has 6 nitrogen and oxygen atoms in total. The van der Waals surface area contributed by atoms with Crippen LogP contribution in [0.5, 0.6) is 0 Å². The maximum atomic E-state index is 14.0. The molecule has 3 aromatic carbocycles. The summed E-state index contributed by atoms with van der Waals surface area (Å²) in [6, 6.07) is 18.5. The fraction of sp³-hybridized carbons (Fsp3) is 0.120. The zero-order valence-electron chi connectivity index (χ0n) is 17.8. The molecule has 0 aliphatic rings. The van der Waals surface area contributed by atoms with Crippen LogP contribution in [0.25, 0.3) is 10.9 Å². The number of amides is 1. The van der Waals surface area contributed by atoms with Gasteiger partial charge in [0.05, 0.1) is 10.4 Å². The lowest BCUT2D eigenvalue weighted by Crippen LogP contribution is -2.24. The smallest absolute Gasteiger partial charge is 0.244 e. The molecule has 33 heavy (non-hydrogen) atoms. The zero-order chi connectivity index (χ0) is 23.6. The second kappa shape index (κ2) is 8.99. The maximum absolute atomic E-state index is 14.0. The first-order valence-corrected chi connectivity index (χ1v) is 11.8. The number of carbonyl (C=O) groups excluding carboxylic acids is 1. The van der Waals surface area contributed by atoms with Gasteiger partial charge in [-0.05, 0) is 54.4 Å². The van der Waals surface area contributed by atoms with Gasteiger partial charge < -0.3 is 9.88 Å². The number of aryl methyl sites for hydroxylation is 1. The number of aromatic nitrogens is 1. The molecule has 0 aliphatic carbocycles. The molecule has 0 atom stereocenters. The molecule has 0 spiro atoms. The number of benzene rings is 3. The third kappa shape index (κ3) is 4.56. The number of hydrogen-bond donors (Lipinski definition) is 1. The molecule has 168 valence electrons. The van der Waals surface area contributed by atoms with Crippen LogP contribution in [0.1, 0.15) is 12.5 Å². The minimum atomic E-state index is -4.20. The average Bonchev–Trinajstić information content (AvgIpc) is 2.81. The number of sulfone groups is 1. The van der Waals surface area contributed by atoms with E-state index in [1.54, 1.807) is 36.4 Å². The monoisotopic (exact) mass is 464 g/mol. The Morgan fingerprint density at radius 1 is 1.00 bits per heavy atom. The molecule has 0 bridgehead atoms. The Hall–Kier alpha value is -3.78. The molecule has 1 aromatic heterocycles. The van der Waals surface area contributed by atoms with Gasteiger partial charge in [-0.25, -0.2) is 12.8 Å². The number of hydrogen-bond acceptors (Lipinski definition) is 4. The molecular weight excluding hydrogens is 443 g/mol. The second-order valence-corrected chi connectivity index (χ2v) is 9.45. The number of fused-ring (bicyclic) bond motifs is 1. The van der Waals surface area contributed by atoms with Crippen molar-refractivity contribution in [1.82, 2.24) is 4.57 Å². The van der Waals surface area contributed by atoms with Gasteiger partial charge in [0.15, 0.2) is 0 Å². The molecule has 0 fully saturated rings. The van der Waals surface area contributed by atoms with Crippen molar-refractivity contribution >= 4 is 32.3 Å². The van der Waals surface area contributed by atoms with Crippen LogP contribution in [0.4, 0.5) is 10.1 Å². The average molecular weight is 465 g/mol. The first kappa shape index (κ1) is 22.4. The van der Waals surface area contributed by atoms with E-state index in [0.717, 1.165) is 30.3 Å². The van der Waals surface area contributed by atoms with Crippen LogP contribution in [-0.2, 0) is 27.6 Å². The highest BCUT2D eigenvalue weighted by molar-refractivity contribution is 7.91. The molecule has 0 saturated carbocycles. The molecule has 0 saturated heterocycles. The molecule has 1 amide bonds. The highest BCUT2D eigenvalue weighted by atomic mass is 32.2. The maximum Gasteiger partial charge on any atom is 0.244 e. The molecule has 4 aromatic rings. The van der Waals surface area contributed by atoms with Crippen LogP contribution in [0, 0.1) is 5.82 Å². The molecule has 0 radical (unpaired) electrons. The van der Waals surface area contributed by atoms with Crippen molar-refractivity contribution in [3.8, 4) is 0 Å². The third-order valence-electron chi connectivity index (χ3n) is 5.31. The Morgan fingerprint density at radius 2 is 1.70 bits per heavy atom. The van der Waals surface area contributed by atoms with Crippen molar-refractivity contribution in [3.05, 3.63) is 101 Å². The van der Waals surface area contributed by atoms with E-state index >= 15 is 0 Å². The summed E-state index contributed by atoms with van der Waals surface area (Å²) < 4.78 is 41.9. The number of anilines is 1. The predicted octanol–water partition coefficient (Wildman–Crippen LogP) is 4.17. The summed E-state index contributed by atoms with van der Waals surface area (Å²) in [6.45, 7) is 1.68. The minimum Gasteiger partial charge on any atom is -0.336 e. The standard InChI is InChI=1S/C25H21FN2O4S/c1-2-17-8-11-20(12-9-17)33(31,32)23-15-28(16-24(29)27-19-6-4-3-5-7-19)22-13-10-18(26)14-21(22)25(23)30/h3-15H,2,16H2,1H3,(H,27,29). The van der Waals surface area contributed by atoms with Crippen molar-refractivity contribution in [3.63, 3.8) is 0 Å². The van der Waals surface area contributed by atoms with E-state index in [1.807, 2.05) is 13.0 Å². The number of para-hydroxylation sites is 1. The first-order chi connectivity index (χ1) is 15.8. The molecule has 0 aliphatic heterocycles. The van der Waals surface area contributed by atoms with E-state index in [9.17, 15) is 22.4 Å². The highest BCUT2D eigenvalue weighted by Crippen LogP contribution is 2.22. The van der Waals surface area contributed by atoms with Crippen molar-refractivity contribution < 1.29 is 17.6 Å². The van der Waals surface area contributed by atoms with Gasteiger partial charge in [0.1, 0.15) is 17.3 Å². The highest BCUT2D eigenvalue weighted by Gasteiger charge is 2.24. The van der Waals surface area contributed by atoms with E-state index in [2.05, 4.69) is 5.32 Å². The Balaban J connectivity index is 1.82. The van der Waals surface area contributed by atoms with Crippen LogP contribution in [0.15, 0.2) is 93.6 Å². The zero-order valence-corrected chi connectivity index (χ0v) is 18.6. The van der Waals surface area contributed by atoms with Crippen molar-refractivity contribution in [2.45, 2.75) is 29.7 Å². The molecule has 1 heterocycles. The van der Waals surface area contributed by atoms with Crippen molar-refractivity contribution in [1.29, 1.82) is 0 Å².